The standard InChI is InChI=1S/C5H14N2.2ClH.Pd/c1-6-4-3-5-7-2;;;/h6-7H,3-5H2,1-2H3;2*1H;/q;;;+2/p-2. The zero-order valence-electron chi connectivity index (χ0n) is 6.19. The van der Waals surface area contributed by atoms with Gasteiger partial charge in [-0.15, -0.1) is 0 Å². The molecule has 0 aliphatic carbocycles. The van der Waals surface area contributed by atoms with Crippen molar-refractivity contribution in [3.05, 3.63) is 0 Å². The van der Waals surface area contributed by atoms with Crippen molar-refractivity contribution in [2.24, 2.45) is 0 Å². The molecule has 0 aromatic carbocycles. The Labute approximate surface area is 79.1 Å². The molecular weight excluding hydrogens is 265 g/mol. The van der Waals surface area contributed by atoms with Crippen molar-refractivity contribution in [1.82, 2.24) is 10.6 Å². The SMILES string of the molecule is CNCCCNC.[Cl][Pd][Cl]. The van der Waals surface area contributed by atoms with Crippen LogP contribution in [0, 0.1) is 0 Å². The first kappa shape index (κ1) is 13.7. The van der Waals surface area contributed by atoms with Crippen LogP contribution in [-0.2, 0) is 15.9 Å². The maximum absolute atomic E-state index is 4.81. The van der Waals surface area contributed by atoms with Crippen molar-refractivity contribution < 1.29 is 15.9 Å². The number of rotatable bonds is 4. The summed E-state index contributed by atoms with van der Waals surface area (Å²) in [5.74, 6) is 0. The van der Waals surface area contributed by atoms with Gasteiger partial charge in [-0.3, -0.25) is 0 Å². The van der Waals surface area contributed by atoms with E-state index in [1.54, 1.807) is 0 Å². The number of hydrogen-bond donors (Lipinski definition) is 2. The molecule has 0 heterocycles. The Morgan fingerprint density at radius 2 is 1.40 bits per heavy atom. The van der Waals surface area contributed by atoms with Gasteiger partial charge in [0.05, 0.1) is 0 Å². The topological polar surface area (TPSA) is 24.1 Å². The minimum atomic E-state index is -0.106. The normalized spacial score (nSPS) is 8.80. The Morgan fingerprint density at radius 3 is 1.60 bits per heavy atom. The van der Waals surface area contributed by atoms with E-state index in [0.717, 1.165) is 13.1 Å². The van der Waals surface area contributed by atoms with Gasteiger partial charge in [-0.1, -0.05) is 0 Å². The Kier molecular flexibility index (Phi) is 22.8. The van der Waals surface area contributed by atoms with E-state index >= 15 is 0 Å². The molecule has 0 unspecified atom stereocenters. The van der Waals surface area contributed by atoms with Crippen LogP contribution in [0.15, 0.2) is 0 Å². The molecule has 0 saturated heterocycles. The third-order valence-electron chi connectivity index (χ3n) is 0.854. The van der Waals surface area contributed by atoms with E-state index in [-0.39, 0.29) is 15.9 Å². The number of halogens is 2. The summed E-state index contributed by atoms with van der Waals surface area (Å²) in [5.41, 5.74) is 0. The van der Waals surface area contributed by atoms with E-state index < -0.39 is 0 Å². The molecule has 68 valence electrons. The van der Waals surface area contributed by atoms with E-state index in [9.17, 15) is 0 Å². The van der Waals surface area contributed by atoms with Gasteiger partial charge in [-0.05, 0) is 33.6 Å². The fraction of sp³-hybridized carbons (Fsp3) is 1.00. The summed E-state index contributed by atoms with van der Waals surface area (Å²) in [4.78, 5) is 0. The van der Waals surface area contributed by atoms with Crippen molar-refractivity contribution in [3.8, 4) is 0 Å². The number of hydrogen-bond acceptors (Lipinski definition) is 2. The first-order valence-electron chi connectivity index (χ1n) is 2.95. The summed E-state index contributed by atoms with van der Waals surface area (Å²) >= 11 is -0.106. The summed E-state index contributed by atoms with van der Waals surface area (Å²) < 4.78 is 0. The molecule has 0 aromatic heterocycles. The predicted octanol–water partition coefficient (Wildman–Crippen LogP) is 1.19. The third-order valence-corrected chi connectivity index (χ3v) is 0.854. The van der Waals surface area contributed by atoms with E-state index in [1.807, 2.05) is 14.1 Å². The zero-order valence-corrected chi connectivity index (χ0v) is 9.26. The van der Waals surface area contributed by atoms with Crippen molar-refractivity contribution >= 4 is 19.1 Å². The molecule has 0 aromatic rings. The molecule has 0 rings (SSSR count). The van der Waals surface area contributed by atoms with Crippen LogP contribution < -0.4 is 10.6 Å². The van der Waals surface area contributed by atoms with Crippen LogP contribution >= 0.6 is 19.1 Å². The quantitative estimate of drug-likeness (QED) is 0.597. The fourth-order valence-electron chi connectivity index (χ4n) is 0.442. The van der Waals surface area contributed by atoms with Gasteiger partial charge >= 0.3 is 35.0 Å². The van der Waals surface area contributed by atoms with Crippen LogP contribution in [0.5, 0.6) is 0 Å². The van der Waals surface area contributed by atoms with Gasteiger partial charge < -0.3 is 10.6 Å². The van der Waals surface area contributed by atoms with E-state index in [0.29, 0.717) is 0 Å². The van der Waals surface area contributed by atoms with Gasteiger partial charge in [-0.25, -0.2) is 0 Å². The summed E-state index contributed by atoms with van der Waals surface area (Å²) in [7, 11) is 13.6. The predicted molar refractivity (Wildman–Crippen MR) is 44.2 cm³/mol. The fourth-order valence-corrected chi connectivity index (χ4v) is 0.442. The third kappa shape index (κ3) is 22.9. The van der Waals surface area contributed by atoms with Gasteiger partial charge in [0.1, 0.15) is 0 Å². The second kappa shape index (κ2) is 16.6. The summed E-state index contributed by atoms with van der Waals surface area (Å²) in [6.07, 6.45) is 1.22. The Morgan fingerprint density at radius 1 is 1.10 bits per heavy atom. The molecule has 0 atom stereocenters. The molecule has 0 spiro atoms. The van der Waals surface area contributed by atoms with Crippen molar-refractivity contribution in [2.75, 3.05) is 27.2 Å². The summed E-state index contributed by atoms with van der Waals surface area (Å²) in [6.45, 7) is 2.22. The van der Waals surface area contributed by atoms with Gasteiger partial charge in [-0.2, -0.15) is 0 Å². The zero-order chi connectivity index (χ0) is 8.24. The van der Waals surface area contributed by atoms with Crippen LogP contribution in [0.4, 0.5) is 0 Å². The monoisotopic (exact) mass is 278 g/mol. The van der Waals surface area contributed by atoms with E-state index in [1.165, 1.54) is 6.42 Å². The molecule has 0 aliphatic rings. The van der Waals surface area contributed by atoms with Crippen LogP contribution in [-0.4, -0.2) is 27.2 Å². The molecule has 0 saturated carbocycles. The summed E-state index contributed by atoms with van der Waals surface area (Å²) in [5, 5.41) is 6.12. The molecule has 2 nitrogen and oxygen atoms in total. The van der Waals surface area contributed by atoms with Crippen LogP contribution in [0.3, 0.4) is 0 Å². The molecule has 5 heteroatoms. The average Bonchev–Trinajstić information content (AvgIpc) is 1.91. The van der Waals surface area contributed by atoms with Crippen LogP contribution in [0.1, 0.15) is 6.42 Å². The van der Waals surface area contributed by atoms with Gasteiger partial charge in [0.25, 0.3) is 0 Å². The molecule has 0 amide bonds. The Balaban J connectivity index is 0. The van der Waals surface area contributed by atoms with Gasteiger partial charge in [0, 0.05) is 0 Å². The second-order valence-corrected chi connectivity index (χ2v) is 3.97. The van der Waals surface area contributed by atoms with Crippen molar-refractivity contribution in [3.63, 3.8) is 0 Å². The number of nitrogens with one attached hydrogen (secondary N) is 2. The first-order chi connectivity index (χ1) is 4.83. The first-order valence-corrected chi connectivity index (χ1v) is 6.95. The molecule has 0 radical (unpaired) electrons. The average molecular weight is 280 g/mol. The molecule has 2 N–H and O–H groups in total. The van der Waals surface area contributed by atoms with Crippen LogP contribution in [0.25, 0.3) is 0 Å². The van der Waals surface area contributed by atoms with Crippen molar-refractivity contribution in [1.29, 1.82) is 0 Å². The van der Waals surface area contributed by atoms with E-state index in [4.69, 9.17) is 19.1 Å². The van der Waals surface area contributed by atoms with Gasteiger partial charge in [0.2, 0.25) is 0 Å². The molecule has 0 aliphatic heterocycles. The summed E-state index contributed by atoms with van der Waals surface area (Å²) in [6, 6.07) is 0. The molecular formula is C5H14Cl2N2Pd. The molecule has 10 heavy (non-hydrogen) atoms. The Hall–Kier alpha value is 1.16. The minimum absolute atomic E-state index is 0.106. The molecule has 0 bridgehead atoms. The van der Waals surface area contributed by atoms with Gasteiger partial charge in [0.15, 0.2) is 0 Å². The van der Waals surface area contributed by atoms with Crippen LogP contribution in [0.2, 0.25) is 0 Å². The maximum atomic E-state index is 4.81. The van der Waals surface area contributed by atoms with E-state index in [2.05, 4.69) is 10.6 Å². The van der Waals surface area contributed by atoms with Crippen molar-refractivity contribution in [2.45, 2.75) is 6.42 Å². The Bertz CT molecular complexity index is 44.6. The second-order valence-electron chi connectivity index (χ2n) is 1.61. The molecule has 0 fully saturated rings.